The zero-order chi connectivity index (χ0) is 20.6. The molecule has 0 saturated carbocycles. The number of methoxy groups -OCH3 is 1. The van der Waals surface area contributed by atoms with Crippen LogP contribution < -0.4 is 15.5 Å². The maximum Gasteiger partial charge on any atom is 0.271 e. The summed E-state index contributed by atoms with van der Waals surface area (Å²) in [7, 11) is 1.56. The predicted molar refractivity (Wildman–Crippen MR) is 109 cm³/mol. The molecule has 0 spiro atoms. The predicted octanol–water partition coefficient (Wildman–Crippen LogP) is 3.85. The van der Waals surface area contributed by atoms with Gasteiger partial charge in [-0.1, -0.05) is 12.1 Å². The Hall–Kier alpha value is -4.00. The van der Waals surface area contributed by atoms with Crippen molar-refractivity contribution in [3.63, 3.8) is 0 Å². The van der Waals surface area contributed by atoms with Crippen molar-refractivity contribution in [2.45, 2.75) is 0 Å². The minimum Gasteiger partial charge on any atom is -0.496 e. The van der Waals surface area contributed by atoms with E-state index in [2.05, 4.69) is 15.8 Å². The number of hydrogen-bond donors (Lipinski definition) is 2. The second-order valence-electron chi connectivity index (χ2n) is 5.98. The molecule has 29 heavy (non-hydrogen) atoms. The van der Waals surface area contributed by atoms with Crippen molar-refractivity contribution in [1.29, 1.82) is 0 Å². The average Bonchev–Trinajstić information content (AvgIpc) is 2.75. The quantitative estimate of drug-likeness (QED) is 0.495. The molecule has 0 radical (unpaired) electrons. The lowest BCUT2D eigenvalue weighted by Gasteiger charge is -2.06. The Labute approximate surface area is 167 Å². The highest BCUT2D eigenvalue weighted by Gasteiger charge is 2.08. The van der Waals surface area contributed by atoms with Gasteiger partial charge in [-0.15, -0.1) is 0 Å². The van der Waals surface area contributed by atoms with Gasteiger partial charge in [0.25, 0.3) is 11.8 Å². The van der Waals surface area contributed by atoms with Gasteiger partial charge in [-0.25, -0.2) is 9.82 Å². The van der Waals surface area contributed by atoms with Gasteiger partial charge in [-0.2, -0.15) is 5.10 Å². The van der Waals surface area contributed by atoms with Crippen LogP contribution in [0.3, 0.4) is 0 Å². The molecule has 0 aliphatic carbocycles. The van der Waals surface area contributed by atoms with Gasteiger partial charge in [0.1, 0.15) is 11.6 Å². The number of nitrogens with zero attached hydrogens (tertiary/aromatic N) is 1. The van der Waals surface area contributed by atoms with Crippen molar-refractivity contribution in [3.8, 4) is 5.75 Å². The number of halogens is 1. The maximum atomic E-state index is 12.9. The van der Waals surface area contributed by atoms with Crippen LogP contribution in [0.5, 0.6) is 5.75 Å². The molecular weight excluding hydrogens is 373 g/mol. The van der Waals surface area contributed by atoms with Gasteiger partial charge in [0, 0.05) is 22.4 Å². The first-order chi connectivity index (χ1) is 14.1. The number of amides is 2. The molecular formula is C22H18FN3O3. The maximum absolute atomic E-state index is 12.9. The third-order valence-corrected chi connectivity index (χ3v) is 4.02. The highest BCUT2D eigenvalue weighted by atomic mass is 19.1. The fraction of sp³-hybridized carbons (Fsp3) is 0.0455. The molecule has 0 atom stereocenters. The average molecular weight is 391 g/mol. The van der Waals surface area contributed by atoms with Crippen molar-refractivity contribution in [1.82, 2.24) is 5.43 Å². The number of nitrogens with one attached hydrogen (secondary N) is 2. The van der Waals surface area contributed by atoms with Gasteiger partial charge in [0.2, 0.25) is 0 Å². The first-order valence-electron chi connectivity index (χ1n) is 8.70. The van der Waals surface area contributed by atoms with Crippen LogP contribution in [0.4, 0.5) is 10.1 Å². The summed E-state index contributed by atoms with van der Waals surface area (Å²) in [5.74, 6) is -0.534. The molecule has 6 nitrogen and oxygen atoms in total. The number of hydrazone groups is 1. The second kappa shape index (κ2) is 9.27. The third kappa shape index (κ3) is 5.26. The Bertz CT molecular complexity index is 1030. The van der Waals surface area contributed by atoms with E-state index in [1.54, 1.807) is 37.4 Å². The number of carbonyl (C=O) groups excluding carboxylic acids is 2. The van der Waals surface area contributed by atoms with E-state index in [9.17, 15) is 14.0 Å². The Morgan fingerprint density at radius 3 is 2.21 bits per heavy atom. The molecule has 0 aromatic heterocycles. The van der Waals surface area contributed by atoms with E-state index in [1.807, 2.05) is 18.2 Å². The van der Waals surface area contributed by atoms with Gasteiger partial charge in [0.05, 0.1) is 13.3 Å². The highest BCUT2D eigenvalue weighted by molar-refractivity contribution is 6.04. The van der Waals surface area contributed by atoms with Crippen molar-refractivity contribution >= 4 is 23.7 Å². The number of hydrogen-bond acceptors (Lipinski definition) is 4. The van der Waals surface area contributed by atoms with Crippen LogP contribution >= 0.6 is 0 Å². The van der Waals surface area contributed by atoms with E-state index < -0.39 is 11.7 Å². The van der Waals surface area contributed by atoms with Gasteiger partial charge in [-0.3, -0.25) is 9.59 Å². The van der Waals surface area contributed by atoms with E-state index in [1.165, 1.54) is 30.5 Å². The Morgan fingerprint density at radius 1 is 0.897 bits per heavy atom. The standard InChI is InChI=1S/C22H18FN3O3/c1-29-20-5-3-2-4-17(20)14-24-26-22(28)16-8-12-19(13-9-16)25-21(27)15-6-10-18(23)11-7-15/h2-14H,1H3,(H,25,27)(H,26,28). The molecule has 0 aliphatic heterocycles. The van der Waals surface area contributed by atoms with E-state index >= 15 is 0 Å². The van der Waals surface area contributed by atoms with Crippen molar-refractivity contribution in [2.75, 3.05) is 12.4 Å². The van der Waals surface area contributed by atoms with Crippen molar-refractivity contribution in [2.24, 2.45) is 5.10 Å². The molecule has 0 heterocycles. The third-order valence-electron chi connectivity index (χ3n) is 4.02. The molecule has 3 rings (SSSR count). The minimum atomic E-state index is -0.412. The van der Waals surface area contributed by atoms with Gasteiger partial charge in [-0.05, 0) is 60.7 Å². The lowest BCUT2D eigenvalue weighted by atomic mass is 10.1. The molecule has 0 unspecified atom stereocenters. The SMILES string of the molecule is COc1ccccc1C=NNC(=O)c1ccc(NC(=O)c2ccc(F)cc2)cc1. The second-order valence-corrected chi connectivity index (χ2v) is 5.98. The largest absolute Gasteiger partial charge is 0.496 e. The summed E-state index contributed by atoms with van der Waals surface area (Å²) >= 11 is 0. The summed E-state index contributed by atoms with van der Waals surface area (Å²) < 4.78 is 18.1. The zero-order valence-corrected chi connectivity index (χ0v) is 15.6. The molecule has 0 aliphatic rings. The van der Waals surface area contributed by atoms with E-state index in [-0.39, 0.29) is 5.91 Å². The monoisotopic (exact) mass is 391 g/mol. The highest BCUT2D eigenvalue weighted by Crippen LogP contribution is 2.15. The fourth-order valence-corrected chi connectivity index (χ4v) is 2.51. The van der Waals surface area contributed by atoms with Crippen molar-refractivity contribution in [3.05, 3.63) is 95.3 Å². The van der Waals surface area contributed by atoms with Gasteiger partial charge >= 0.3 is 0 Å². The van der Waals surface area contributed by atoms with E-state index in [0.29, 0.717) is 22.6 Å². The Kier molecular flexibility index (Phi) is 6.32. The minimum absolute atomic E-state index is 0.332. The molecule has 2 N–H and O–H groups in total. The summed E-state index contributed by atoms with van der Waals surface area (Å²) in [4.78, 5) is 24.3. The molecule has 0 fully saturated rings. The fourth-order valence-electron chi connectivity index (χ4n) is 2.51. The Morgan fingerprint density at radius 2 is 1.52 bits per heavy atom. The van der Waals surface area contributed by atoms with Crippen molar-refractivity contribution < 1.29 is 18.7 Å². The lowest BCUT2D eigenvalue weighted by Crippen LogP contribution is -2.18. The van der Waals surface area contributed by atoms with Crippen LogP contribution in [0.2, 0.25) is 0 Å². The number of anilines is 1. The van der Waals surface area contributed by atoms with Crippen LogP contribution in [0.25, 0.3) is 0 Å². The van der Waals surface area contributed by atoms with Crippen LogP contribution in [0.1, 0.15) is 26.3 Å². The smallest absolute Gasteiger partial charge is 0.271 e. The van der Waals surface area contributed by atoms with E-state index in [0.717, 1.165) is 5.56 Å². The van der Waals surface area contributed by atoms with Crippen LogP contribution in [-0.4, -0.2) is 25.1 Å². The van der Waals surface area contributed by atoms with Crippen LogP contribution in [0, 0.1) is 5.82 Å². The summed E-state index contributed by atoms with van der Waals surface area (Å²) in [6.07, 6.45) is 1.49. The normalized spacial score (nSPS) is 10.6. The summed E-state index contributed by atoms with van der Waals surface area (Å²) in [5.41, 5.74) is 4.39. The van der Waals surface area contributed by atoms with Crippen LogP contribution in [-0.2, 0) is 0 Å². The number of para-hydroxylation sites is 1. The molecule has 0 bridgehead atoms. The zero-order valence-electron chi connectivity index (χ0n) is 15.6. The van der Waals surface area contributed by atoms with Gasteiger partial charge < -0.3 is 10.1 Å². The Balaban J connectivity index is 1.59. The molecule has 2 amide bonds. The first kappa shape index (κ1) is 19.8. The molecule has 3 aromatic carbocycles. The number of ether oxygens (including phenoxy) is 1. The summed E-state index contributed by atoms with van der Waals surface area (Å²) in [5, 5.41) is 6.62. The molecule has 7 heteroatoms. The number of rotatable bonds is 6. The topological polar surface area (TPSA) is 79.8 Å². The number of carbonyl (C=O) groups is 2. The molecule has 3 aromatic rings. The summed E-state index contributed by atoms with van der Waals surface area (Å²) in [6, 6.07) is 18.8. The summed E-state index contributed by atoms with van der Waals surface area (Å²) in [6.45, 7) is 0. The van der Waals surface area contributed by atoms with E-state index in [4.69, 9.17) is 4.74 Å². The molecule has 146 valence electrons. The lowest BCUT2D eigenvalue weighted by molar-refractivity contribution is 0.0954. The number of benzene rings is 3. The molecule has 0 saturated heterocycles. The van der Waals surface area contributed by atoms with Gasteiger partial charge in [0.15, 0.2) is 0 Å². The first-order valence-corrected chi connectivity index (χ1v) is 8.70. The van der Waals surface area contributed by atoms with Crippen LogP contribution in [0.15, 0.2) is 77.9 Å².